The van der Waals surface area contributed by atoms with Gasteiger partial charge in [0.2, 0.25) is 0 Å². The van der Waals surface area contributed by atoms with E-state index in [4.69, 9.17) is 0 Å². The highest BCUT2D eigenvalue weighted by molar-refractivity contribution is 7.41. The van der Waals surface area contributed by atoms with Crippen molar-refractivity contribution in [3.63, 3.8) is 0 Å². The summed E-state index contributed by atoms with van der Waals surface area (Å²) in [5.41, 5.74) is 1.63. The van der Waals surface area contributed by atoms with E-state index in [9.17, 15) is 0 Å². The fourth-order valence-electron chi connectivity index (χ4n) is 5.24. The van der Waals surface area contributed by atoms with Gasteiger partial charge in [-0.25, -0.2) is 0 Å². The summed E-state index contributed by atoms with van der Waals surface area (Å²) in [6.07, 6.45) is 0. The number of rotatable bonds is 4. The summed E-state index contributed by atoms with van der Waals surface area (Å²) in [5.74, 6) is 0. The average molecular weight is 334 g/mol. The molecule has 1 rings (SSSR count). The van der Waals surface area contributed by atoms with E-state index in [0.29, 0.717) is 10.1 Å². The van der Waals surface area contributed by atoms with E-state index in [0.717, 1.165) is 11.1 Å². The lowest BCUT2D eigenvalue weighted by Gasteiger charge is -2.58. The Kier molecular flexibility index (Phi) is 5.95. The van der Waals surface area contributed by atoms with Gasteiger partial charge in [-0.3, -0.25) is 0 Å². The van der Waals surface area contributed by atoms with Crippen molar-refractivity contribution in [1.82, 2.24) is 0 Å². The Morgan fingerprint density at radius 1 is 0.727 bits per heavy atom. The van der Waals surface area contributed by atoms with Crippen molar-refractivity contribution in [3.8, 4) is 0 Å². The van der Waals surface area contributed by atoms with Crippen LogP contribution in [0.5, 0.6) is 0 Å². The molecule has 0 spiro atoms. The summed E-state index contributed by atoms with van der Waals surface area (Å²) >= 11 is 0. The molecule has 0 heterocycles. The molecule has 0 N–H and O–H groups in total. The largest absolute Gasteiger partial charge is 0.0884 e. The van der Waals surface area contributed by atoms with Gasteiger partial charge in [-0.2, -0.15) is 0 Å². The van der Waals surface area contributed by atoms with Crippen LogP contribution in [0.3, 0.4) is 0 Å². The Balaban J connectivity index is 3.83. The van der Waals surface area contributed by atoms with Crippen LogP contribution in [0, 0.1) is 0 Å². The fourth-order valence-corrected chi connectivity index (χ4v) is 26.9. The molecule has 1 aromatic rings. The molecule has 0 aromatic heterocycles. The first-order valence-corrected chi connectivity index (χ1v) is 13.5. The molecule has 0 unspecified atom stereocenters. The predicted molar refractivity (Wildman–Crippen MR) is 107 cm³/mol. The quantitative estimate of drug-likeness (QED) is 0.564. The summed E-state index contributed by atoms with van der Waals surface area (Å²) in [6, 6.07) is 11.6. The molecule has 0 aliphatic carbocycles. The van der Waals surface area contributed by atoms with E-state index in [1.807, 2.05) is 0 Å². The minimum atomic E-state index is -1.73. The van der Waals surface area contributed by atoms with Crippen LogP contribution in [0.15, 0.2) is 30.3 Å². The van der Waals surface area contributed by atoms with Crippen LogP contribution < -0.4 is 5.19 Å². The Bertz CT molecular complexity index is 439. The summed E-state index contributed by atoms with van der Waals surface area (Å²) in [6.45, 7) is 25.1. The summed E-state index contributed by atoms with van der Waals surface area (Å²) in [7, 11) is -2.23. The van der Waals surface area contributed by atoms with Gasteiger partial charge in [0, 0.05) is 0 Å². The maximum absolute atomic E-state index is 2.52. The second kappa shape index (κ2) is 6.64. The molecule has 125 valence electrons. The molecule has 0 amide bonds. The Labute approximate surface area is 142 Å². The summed E-state index contributed by atoms with van der Waals surface area (Å²) in [4.78, 5) is 0. The fraction of sp³-hybridized carbons (Fsp3) is 0.700. The van der Waals surface area contributed by atoms with E-state index in [-0.39, 0.29) is 0 Å². The summed E-state index contributed by atoms with van der Waals surface area (Å²) < 4.78 is 0. The molecular formula is C20H37Si2. The highest BCUT2D eigenvalue weighted by atomic mass is 29.2. The Hall–Kier alpha value is -0.346. The van der Waals surface area contributed by atoms with Crippen molar-refractivity contribution < 1.29 is 0 Å². The van der Waals surface area contributed by atoms with Crippen LogP contribution in [0.25, 0.3) is 0 Å². The number of benzene rings is 1. The first-order chi connectivity index (χ1) is 9.87. The SMILES string of the molecule is CC(C)[Si](C(C)C)[Si](c1ccccc1)(C(C)(C)C)C(C)(C)C. The zero-order chi connectivity index (χ0) is 17.3. The van der Waals surface area contributed by atoms with Gasteiger partial charge in [-0.1, -0.05) is 116 Å². The lowest BCUT2D eigenvalue weighted by Crippen LogP contribution is -2.72. The zero-order valence-corrected chi connectivity index (χ0v) is 18.5. The van der Waals surface area contributed by atoms with E-state index in [1.165, 1.54) is 0 Å². The van der Waals surface area contributed by atoms with Crippen molar-refractivity contribution in [1.29, 1.82) is 0 Å². The first kappa shape index (κ1) is 19.7. The third kappa shape index (κ3) is 3.28. The lowest BCUT2D eigenvalue weighted by atomic mass is 10.2. The molecular weight excluding hydrogens is 296 g/mol. The molecule has 0 atom stereocenters. The van der Waals surface area contributed by atoms with Crippen LogP contribution >= 0.6 is 0 Å². The molecule has 1 radical (unpaired) electrons. The lowest BCUT2D eigenvalue weighted by molar-refractivity contribution is 0.638. The zero-order valence-electron chi connectivity index (χ0n) is 16.5. The van der Waals surface area contributed by atoms with Gasteiger partial charge in [0.15, 0.2) is 0 Å². The molecule has 0 nitrogen and oxygen atoms in total. The molecule has 0 aliphatic heterocycles. The van der Waals surface area contributed by atoms with Crippen molar-refractivity contribution in [2.24, 2.45) is 0 Å². The molecule has 0 saturated heterocycles. The molecule has 0 saturated carbocycles. The van der Waals surface area contributed by atoms with Crippen LogP contribution in [-0.2, 0) is 0 Å². The van der Waals surface area contributed by atoms with Crippen LogP contribution in [0.2, 0.25) is 21.2 Å². The molecule has 1 aromatic carbocycles. The third-order valence-electron chi connectivity index (χ3n) is 5.13. The van der Waals surface area contributed by atoms with Gasteiger partial charge >= 0.3 is 0 Å². The normalized spacial score (nSPS) is 14.2. The minimum Gasteiger partial charge on any atom is -0.0656 e. The highest BCUT2D eigenvalue weighted by Crippen LogP contribution is 2.55. The van der Waals surface area contributed by atoms with Gasteiger partial charge < -0.3 is 0 Å². The third-order valence-corrected chi connectivity index (χ3v) is 25.6. The van der Waals surface area contributed by atoms with Crippen molar-refractivity contribution in [3.05, 3.63) is 30.3 Å². The number of hydrogen-bond donors (Lipinski definition) is 0. The molecule has 0 aliphatic rings. The van der Waals surface area contributed by atoms with Crippen molar-refractivity contribution in [2.45, 2.75) is 90.4 Å². The first-order valence-electron chi connectivity index (χ1n) is 8.80. The molecule has 0 bridgehead atoms. The van der Waals surface area contributed by atoms with Gasteiger partial charge in [-0.15, -0.1) is 0 Å². The van der Waals surface area contributed by atoms with Crippen LogP contribution in [0.1, 0.15) is 69.2 Å². The topological polar surface area (TPSA) is 0 Å². The molecule has 2 heteroatoms. The highest BCUT2D eigenvalue weighted by Gasteiger charge is 2.60. The maximum atomic E-state index is 2.52. The Morgan fingerprint density at radius 2 is 1.09 bits per heavy atom. The predicted octanol–water partition coefficient (Wildman–Crippen LogP) is 6.34. The summed E-state index contributed by atoms with van der Waals surface area (Å²) in [5, 5.41) is 2.43. The Morgan fingerprint density at radius 3 is 1.36 bits per heavy atom. The van der Waals surface area contributed by atoms with E-state index in [1.54, 1.807) is 5.19 Å². The van der Waals surface area contributed by atoms with E-state index in [2.05, 4.69) is 99.6 Å². The smallest absolute Gasteiger partial charge is 0.0656 e. The van der Waals surface area contributed by atoms with Crippen molar-refractivity contribution >= 4 is 21.1 Å². The monoisotopic (exact) mass is 333 g/mol. The standard InChI is InChI=1S/C20H37Si2/c1-16(2)21(17(3)4)22(19(5,6)7,20(8,9)10)18-14-12-11-13-15-18/h11-17H,1-10H3. The molecule has 0 fully saturated rings. The van der Waals surface area contributed by atoms with Gasteiger partial charge in [-0.05, 0) is 10.1 Å². The van der Waals surface area contributed by atoms with Gasteiger partial charge in [0.1, 0.15) is 0 Å². The average Bonchev–Trinajstić information content (AvgIpc) is 2.32. The second-order valence-electron chi connectivity index (χ2n) is 9.38. The van der Waals surface area contributed by atoms with E-state index >= 15 is 0 Å². The van der Waals surface area contributed by atoms with Crippen LogP contribution in [-0.4, -0.2) is 15.9 Å². The number of hydrogen-bond acceptors (Lipinski definition) is 0. The van der Waals surface area contributed by atoms with Crippen molar-refractivity contribution in [2.75, 3.05) is 0 Å². The minimum absolute atomic E-state index is 0.370. The van der Waals surface area contributed by atoms with Gasteiger partial charge in [0.05, 0.1) is 15.9 Å². The van der Waals surface area contributed by atoms with Crippen LogP contribution in [0.4, 0.5) is 0 Å². The molecule has 22 heavy (non-hydrogen) atoms. The van der Waals surface area contributed by atoms with E-state index < -0.39 is 15.9 Å². The second-order valence-corrected chi connectivity index (χ2v) is 21.7. The maximum Gasteiger partial charge on any atom is 0.0884 e. The van der Waals surface area contributed by atoms with Gasteiger partial charge in [0.25, 0.3) is 0 Å².